The van der Waals surface area contributed by atoms with Crippen molar-refractivity contribution in [2.75, 3.05) is 5.75 Å². The number of unbranched alkanes of at least 4 members (excludes halogenated alkanes) is 29. The second-order valence-electron chi connectivity index (χ2n) is 15.7. The molecule has 0 aromatic rings. The van der Waals surface area contributed by atoms with Crippen molar-refractivity contribution in [2.24, 2.45) is 0 Å². The van der Waals surface area contributed by atoms with Gasteiger partial charge in [-0.15, -0.1) is 0 Å². The summed E-state index contributed by atoms with van der Waals surface area (Å²) in [5.41, 5.74) is 0. The molecule has 0 saturated heterocycles. The van der Waals surface area contributed by atoms with Crippen LogP contribution in [0.1, 0.15) is 232 Å². The summed E-state index contributed by atoms with van der Waals surface area (Å²) in [7, 11) is -4.36. The van der Waals surface area contributed by atoms with Crippen molar-refractivity contribution in [2.45, 2.75) is 244 Å². The summed E-state index contributed by atoms with van der Waals surface area (Å²) in [6.07, 6.45) is 52.8. The van der Waals surface area contributed by atoms with Crippen molar-refractivity contribution in [1.29, 1.82) is 0 Å². The van der Waals surface area contributed by atoms with Crippen LogP contribution in [0.4, 0.5) is 0 Å². The van der Waals surface area contributed by atoms with Crippen LogP contribution >= 0.6 is 0 Å². The predicted octanol–water partition coefficient (Wildman–Crippen LogP) is 13.7. The van der Waals surface area contributed by atoms with E-state index in [2.05, 4.69) is 43.5 Å². The first-order valence-corrected chi connectivity index (χ1v) is 24.3. The highest BCUT2D eigenvalue weighted by Gasteiger charge is 2.24. The molecule has 0 aliphatic rings. The molecule has 7 heteroatoms. The zero-order valence-electron chi connectivity index (χ0n) is 34.9. The van der Waals surface area contributed by atoms with Gasteiger partial charge >= 0.3 is 0 Å². The molecule has 0 radical (unpaired) electrons. The Kier molecular flexibility index (Phi) is 39.1. The highest BCUT2D eigenvalue weighted by atomic mass is 32.2. The predicted molar refractivity (Wildman–Crippen MR) is 230 cm³/mol. The quantitative estimate of drug-likeness (QED) is 0.0327. The molecule has 0 rings (SSSR count). The molecule has 0 aliphatic carbocycles. The zero-order chi connectivity index (χ0) is 38.9. The van der Waals surface area contributed by atoms with E-state index in [0.717, 1.165) is 38.5 Å². The smallest absolute Gasteiger partial charge is 0.267 e. The van der Waals surface area contributed by atoms with Crippen LogP contribution in [0.5, 0.6) is 0 Å². The minimum absolute atomic E-state index is 0.288. The lowest BCUT2D eigenvalue weighted by atomic mass is 10.0. The first-order valence-electron chi connectivity index (χ1n) is 22.7. The van der Waals surface area contributed by atoms with Gasteiger partial charge in [-0.1, -0.05) is 217 Å². The van der Waals surface area contributed by atoms with E-state index in [9.17, 15) is 22.9 Å². The van der Waals surface area contributed by atoms with Gasteiger partial charge in [0.05, 0.1) is 17.9 Å². The number of carbonyl (C=O) groups is 1. The second kappa shape index (κ2) is 40.2. The van der Waals surface area contributed by atoms with E-state index in [-0.39, 0.29) is 12.3 Å². The van der Waals surface area contributed by atoms with Crippen LogP contribution < -0.4 is 5.32 Å². The fraction of sp³-hybridized carbons (Fsp3) is 0.848. The third-order valence-electron chi connectivity index (χ3n) is 10.3. The summed E-state index contributed by atoms with van der Waals surface area (Å²) < 4.78 is 32.5. The minimum Gasteiger partial charge on any atom is -0.387 e. The molecule has 0 aromatic carbocycles. The molecule has 0 spiro atoms. The number of carbonyl (C=O) groups excluding carboxylic acids is 1. The molecule has 0 aromatic heterocycles. The lowest BCUT2D eigenvalue weighted by Crippen LogP contribution is -2.46. The second-order valence-corrected chi connectivity index (χ2v) is 17.2. The van der Waals surface area contributed by atoms with Crippen LogP contribution in [0.2, 0.25) is 0 Å². The average Bonchev–Trinajstić information content (AvgIpc) is 3.12. The van der Waals surface area contributed by atoms with Crippen molar-refractivity contribution in [3.8, 4) is 0 Å². The zero-order valence-corrected chi connectivity index (χ0v) is 35.7. The van der Waals surface area contributed by atoms with Crippen molar-refractivity contribution in [1.82, 2.24) is 5.32 Å². The third-order valence-corrected chi connectivity index (χ3v) is 11.1. The van der Waals surface area contributed by atoms with Crippen molar-refractivity contribution < 1.29 is 22.9 Å². The van der Waals surface area contributed by atoms with E-state index in [1.807, 2.05) is 0 Å². The Labute approximate surface area is 329 Å². The average molecular weight is 766 g/mol. The topological polar surface area (TPSA) is 104 Å². The van der Waals surface area contributed by atoms with Gasteiger partial charge in [0.1, 0.15) is 0 Å². The van der Waals surface area contributed by atoms with E-state index >= 15 is 0 Å². The maximum Gasteiger partial charge on any atom is 0.267 e. The van der Waals surface area contributed by atoms with Crippen molar-refractivity contribution >= 4 is 16.0 Å². The highest BCUT2D eigenvalue weighted by Crippen LogP contribution is 2.16. The number of amides is 1. The highest BCUT2D eigenvalue weighted by molar-refractivity contribution is 7.85. The number of allylic oxidation sites excluding steroid dienone is 5. The summed E-state index contributed by atoms with van der Waals surface area (Å²) in [4.78, 5) is 12.5. The van der Waals surface area contributed by atoms with E-state index in [0.29, 0.717) is 6.42 Å². The first kappa shape index (κ1) is 51.6. The largest absolute Gasteiger partial charge is 0.387 e. The van der Waals surface area contributed by atoms with E-state index in [4.69, 9.17) is 0 Å². The van der Waals surface area contributed by atoms with Crippen LogP contribution in [0.15, 0.2) is 36.5 Å². The molecule has 0 heterocycles. The molecular weight excluding hydrogens is 679 g/mol. The first-order chi connectivity index (χ1) is 25.8. The van der Waals surface area contributed by atoms with Crippen LogP contribution in [0.3, 0.4) is 0 Å². The summed E-state index contributed by atoms with van der Waals surface area (Å²) >= 11 is 0. The Morgan fingerprint density at radius 3 is 1.19 bits per heavy atom. The summed E-state index contributed by atoms with van der Waals surface area (Å²) in [5, 5.41) is 13.2. The van der Waals surface area contributed by atoms with Gasteiger partial charge in [-0.2, -0.15) is 8.42 Å². The van der Waals surface area contributed by atoms with E-state index in [1.54, 1.807) is 6.08 Å². The number of rotatable bonds is 41. The van der Waals surface area contributed by atoms with Crippen molar-refractivity contribution in [3.05, 3.63) is 36.5 Å². The molecule has 3 N–H and O–H groups in total. The molecule has 1 amide bonds. The van der Waals surface area contributed by atoms with Crippen molar-refractivity contribution in [3.63, 3.8) is 0 Å². The summed E-state index contributed by atoms with van der Waals surface area (Å²) in [6, 6.07) is -1.08. The van der Waals surface area contributed by atoms with Gasteiger partial charge in [0, 0.05) is 6.42 Å². The Hall–Kier alpha value is -1.44. The normalized spacial score (nSPS) is 13.5. The maximum atomic E-state index is 12.5. The van der Waals surface area contributed by atoms with E-state index in [1.165, 1.54) is 173 Å². The molecule has 0 saturated carbocycles. The Balaban J connectivity index is 3.89. The van der Waals surface area contributed by atoms with Gasteiger partial charge in [-0.3, -0.25) is 9.35 Å². The molecule has 53 heavy (non-hydrogen) atoms. The monoisotopic (exact) mass is 766 g/mol. The molecule has 6 nitrogen and oxygen atoms in total. The number of aliphatic hydroxyl groups excluding tert-OH is 1. The van der Waals surface area contributed by atoms with Gasteiger partial charge in [0.15, 0.2) is 0 Å². The van der Waals surface area contributed by atoms with Gasteiger partial charge in [0.2, 0.25) is 5.91 Å². The van der Waals surface area contributed by atoms with Gasteiger partial charge < -0.3 is 10.4 Å². The summed E-state index contributed by atoms with van der Waals surface area (Å²) in [6.45, 7) is 4.53. The Bertz CT molecular complexity index is 976. The molecular formula is C46H87NO5S. The van der Waals surface area contributed by atoms with Gasteiger partial charge in [-0.05, 0) is 44.9 Å². The molecule has 312 valence electrons. The lowest BCUT2D eigenvalue weighted by molar-refractivity contribution is -0.122. The molecule has 0 aliphatic heterocycles. The number of nitrogens with one attached hydrogen (secondary N) is 1. The SMILES string of the molecule is CCCCCCCCC/C=C/CC/C=C/CC/C=C/C(O)C(CS(=O)(=O)O)NC(=O)CCCCCCCCCCCCCCCCCCCCCCC. The molecule has 0 bridgehead atoms. The fourth-order valence-corrected chi connectivity index (χ4v) is 7.63. The summed E-state index contributed by atoms with van der Waals surface area (Å²) in [5.74, 6) is -1.00. The van der Waals surface area contributed by atoms with Crippen LogP contribution in [-0.2, 0) is 14.9 Å². The van der Waals surface area contributed by atoms with Crippen LogP contribution in [-0.4, -0.2) is 41.9 Å². The number of hydrogen-bond donors (Lipinski definition) is 3. The minimum atomic E-state index is -4.36. The number of aliphatic hydroxyl groups is 1. The standard InChI is InChI=1S/C46H87NO5S/c1-3-5-7-9-11-13-15-17-19-21-22-23-24-26-28-30-32-34-36-38-40-42-46(49)47-44(43-53(50,51)52)45(48)41-39-37-35-33-31-29-27-25-20-18-16-14-12-10-8-6-4-2/h20,25,31,33,39,41,44-45,48H,3-19,21-24,26-30,32,34-38,40,42-43H2,1-2H3,(H,47,49)(H,50,51,52)/b25-20+,33-31+,41-39+. The van der Waals surface area contributed by atoms with Crippen LogP contribution in [0, 0.1) is 0 Å². The number of hydrogen-bond acceptors (Lipinski definition) is 4. The van der Waals surface area contributed by atoms with Gasteiger partial charge in [-0.25, -0.2) is 0 Å². The van der Waals surface area contributed by atoms with Crippen LogP contribution in [0.25, 0.3) is 0 Å². The fourth-order valence-electron chi connectivity index (χ4n) is 6.89. The van der Waals surface area contributed by atoms with Gasteiger partial charge in [0.25, 0.3) is 10.1 Å². The Morgan fingerprint density at radius 1 is 0.491 bits per heavy atom. The maximum absolute atomic E-state index is 12.5. The molecule has 2 unspecified atom stereocenters. The Morgan fingerprint density at radius 2 is 0.811 bits per heavy atom. The molecule has 0 fully saturated rings. The lowest BCUT2D eigenvalue weighted by Gasteiger charge is -2.21. The van der Waals surface area contributed by atoms with E-state index < -0.39 is 28.0 Å². The molecule has 2 atom stereocenters. The third kappa shape index (κ3) is 41.6.